The first-order chi connectivity index (χ1) is 5.27. The van der Waals surface area contributed by atoms with Crippen molar-refractivity contribution < 1.29 is 5.11 Å². The molecule has 1 aromatic heterocycles. The van der Waals surface area contributed by atoms with Crippen molar-refractivity contribution in [3.63, 3.8) is 0 Å². The van der Waals surface area contributed by atoms with Gasteiger partial charge in [0.1, 0.15) is 5.82 Å². The highest BCUT2D eigenvalue weighted by Gasteiger charge is 1.97. The van der Waals surface area contributed by atoms with Gasteiger partial charge < -0.3 is 10.4 Å². The van der Waals surface area contributed by atoms with Gasteiger partial charge in [0.25, 0.3) is 0 Å². The largest absolute Gasteiger partial charge is 0.390 e. The van der Waals surface area contributed by atoms with Crippen LogP contribution in [0.2, 0.25) is 0 Å². The Morgan fingerprint density at radius 3 is 2.82 bits per heavy atom. The Hall–Kier alpha value is -1.09. The summed E-state index contributed by atoms with van der Waals surface area (Å²) in [6, 6.07) is 3.75. The molecule has 0 aliphatic heterocycles. The number of aryl methyl sites for hydroxylation is 1. The lowest BCUT2D eigenvalue weighted by molar-refractivity contribution is 0.277. The van der Waals surface area contributed by atoms with E-state index >= 15 is 0 Å². The molecule has 0 radical (unpaired) electrons. The van der Waals surface area contributed by atoms with E-state index in [4.69, 9.17) is 5.11 Å². The van der Waals surface area contributed by atoms with Crippen LogP contribution in [0.1, 0.15) is 11.3 Å². The third kappa shape index (κ3) is 1.68. The molecule has 11 heavy (non-hydrogen) atoms. The van der Waals surface area contributed by atoms with Gasteiger partial charge in [-0.3, -0.25) is 0 Å². The van der Waals surface area contributed by atoms with E-state index < -0.39 is 0 Å². The van der Waals surface area contributed by atoms with Gasteiger partial charge in [0.15, 0.2) is 0 Å². The van der Waals surface area contributed by atoms with E-state index in [0.29, 0.717) is 5.69 Å². The summed E-state index contributed by atoms with van der Waals surface area (Å²) in [7, 11) is 1.82. The summed E-state index contributed by atoms with van der Waals surface area (Å²) in [5.41, 5.74) is 1.78. The molecule has 0 amide bonds. The fourth-order valence-corrected chi connectivity index (χ4v) is 0.910. The normalized spacial score (nSPS) is 9.73. The van der Waals surface area contributed by atoms with Crippen LogP contribution in [0, 0.1) is 6.92 Å². The minimum Gasteiger partial charge on any atom is -0.390 e. The lowest BCUT2D eigenvalue weighted by Gasteiger charge is -2.04. The average molecular weight is 152 g/mol. The van der Waals surface area contributed by atoms with E-state index in [9.17, 15) is 0 Å². The van der Waals surface area contributed by atoms with Crippen LogP contribution in [0.25, 0.3) is 0 Å². The molecule has 0 atom stereocenters. The van der Waals surface area contributed by atoms with Gasteiger partial charge in [-0.05, 0) is 18.6 Å². The second kappa shape index (κ2) is 3.34. The first-order valence-electron chi connectivity index (χ1n) is 3.53. The first kappa shape index (κ1) is 8.01. The zero-order valence-electron chi connectivity index (χ0n) is 6.76. The number of nitrogens with zero attached hydrogens (tertiary/aromatic N) is 1. The monoisotopic (exact) mass is 152 g/mol. The van der Waals surface area contributed by atoms with Gasteiger partial charge in [-0.2, -0.15) is 0 Å². The molecule has 0 aliphatic carbocycles. The maximum atomic E-state index is 8.76. The van der Waals surface area contributed by atoms with Crippen molar-refractivity contribution in [2.75, 3.05) is 12.4 Å². The molecule has 1 aromatic rings. The number of rotatable bonds is 2. The molecule has 60 valence electrons. The molecule has 0 saturated heterocycles. The second-order valence-corrected chi connectivity index (χ2v) is 2.38. The molecular formula is C8H12N2O. The molecule has 1 rings (SSSR count). The third-order valence-corrected chi connectivity index (χ3v) is 1.55. The number of anilines is 1. The summed E-state index contributed by atoms with van der Waals surface area (Å²) in [4.78, 5) is 4.15. The Morgan fingerprint density at radius 2 is 2.27 bits per heavy atom. The van der Waals surface area contributed by atoms with Crippen molar-refractivity contribution >= 4 is 5.82 Å². The standard InChI is InChI=1S/C8H12N2O/c1-6-3-4-7(5-11)10-8(6)9-2/h3-4,11H,5H2,1-2H3,(H,9,10). The van der Waals surface area contributed by atoms with Crippen LogP contribution >= 0.6 is 0 Å². The van der Waals surface area contributed by atoms with Crippen molar-refractivity contribution in [1.82, 2.24) is 4.98 Å². The number of aliphatic hydroxyl groups is 1. The average Bonchev–Trinajstić information content (AvgIpc) is 2.05. The molecule has 0 unspecified atom stereocenters. The van der Waals surface area contributed by atoms with Crippen molar-refractivity contribution in [3.05, 3.63) is 23.4 Å². The van der Waals surface area contributed by atoms with Crippen molar-refractivity contribution in [1.29, 1.82) is 0 Å². The molecule has 0 spiro atoms. The van der Waals surface area contributed by atoms with E-state index in [1.165, 1.54) is 0 Å². The summed E-state index contributed by atoms with van der Waals surface area (Å²) in [5.74, 6) is 0.830. The molecule has 0 fully saturated rings. The van der Waals surface area contributed by atoms with Gasteiger partial charge >= 0.3 is 0 Å². The van der Waals surface area contributed by atoms with Crippen molar-refractivity contribution in [2.24, 2.45) is 0 Å². The Bertz CT molecular complexity index is 248. The Kier molecular flexibility index (Phi) is 2.44. The maximum Gasteiger partial charge on any atom is 0.129 e. The molecule has 2 N–H and O–H groups in total. The Morgan fingerprint density at radius 1 is 1.55 bits per heavy atom. The zero-order valence-corrected chi connectivity index (χ0v) is 6.76. The van der Waals surface area contributed by atoms with Gasteiger partial charge in [0.2, 0.25) is 0 Å². The van der Waals surface area contributed by atoms with Crippen LogP contribution in [-0.4, -0.2) is 17.1 Å². The van der Waals surface area contributed by atoms with Crippen LogP contribution in [0.4, 0.5) is 5.82 Å². The fourth-order valence-electron chi connectivity index (χ4n) is 0.910. The number of pyridine rings is 1. The molecular weight excluding hydrogens is 140 g/mol. The predicted molar refractivity (Wildman–Crippen MR) is 44.4 cm³/mol. The highest BCUT2D eigenvalue weighted by atomic mass is 16.3. The lowest BCUT2D eigenvalue weighted by atomic mass is 10.2. The number of aliphatic hydroxyl groups excluding tert-OH is 1. The van der Waals surface area contributed by atoms with Gasteiger partial charge in [-0.25, -0.2) is 4.98 Å². The third-order valence-electron chi connectivity index (χ3n) is 1.55. The van der Waals surface area contributed by atoms with Crippen LogP contribution in [0.3, 0.4) is 0 Å². The fraction of sp³-hybridized carbons (Fsp3) is 0.375. The minimum atomic E-state index is -0.00500. The molecule has 0 bridgehead atoms. The quantitative estimate of drug-likeness (QED) is 0.662. The SMILES string of the molecule is CNc1nc(CO)ccc1C. The van der Waals surface area contributed by atoms with Gasteiger partial charge in [-0.1, -0.05) is 6.07 Å². The number of aromatic nitrogens is 1. The van der Waals surface area contributed by atoms with Gasteiger partial charge in [0.05, 0.1) is 12.3 Å². The molecule has 0 aromatic carbocycles. The summed E-state index contributed by atoms with van der Waals surface area (Å²) >= 11 is 0. The minimum absolute atomic E-state index is 0.00500. The van der Waals surface area contributed by atoms with E-state index in [2.05, 4.69) is 10.3 Å². The smallest absolute Gasteiger partial charge is 0.129 e. The van der Waals surface area contributed by atoms with E-state index in [0.717, 1.165) is 11.4 Å². The highest BCUT2D eigenvalue weighted by molar-refractivity contribution is 5.43. The number of hydrogen-bond donors (Lipinski definition) is 2. The number of hydrogen-bond acceptors (Lipinski definition) is 3. The Balaban J connectivity index is 3.02. The van der Waals surface area contributed by atoms with Crippen molar-refractivity contribution in [3.8, 4) is 0 Å². The summed E-state index contributed by atoms with van der Waals surface area (Å²) < 4.78 is 0. The molecule has 3 heteroatoms. The summed E-state index contributed by atoms with van der Waals surface area (Å²) in [6.45, 7) is 1.97. The number of nitrogens with one attached hydrogen (secondary N) is 1. The summed E-state index contributed by atoms with van der Waals surface area (Å²) in [6.07, 6.45) is 0. The zero-order chi connectivity index (χ0) is 8.27. The topological polar surface area (TPSA) is 45.2 Å². The first-order valence-corrected chi connectivity index (χ1v) is 3.53. The summed E-state index contributed by atoms with van der Waals surface area (Å²) in [5, 5.41) is 11.7. The van der Waals surface area contributed by atoms with Crippen LogP contribution < -0.4 is 5.32 Å². The van der Waals surface area contributed by atoms with Crippen molar-refractivity contribution in [2.45, 2.75) is 13.5 Å². The Labute approximate surface area is 66.1 Å². The van der Waals surface area contributed by atoms with E-state index in [1.54, 1.807) is 0 Å². The van der Waals surface area contributed by atoms with Crippen LogP contribution in [0.5, 0.6) is 0 Å². The lowest BCUT2D eigenvalue weighted by Crippen LogP contribution is -1.98. The molecule has 0 aliphatic rings. The molecule has 3 nitrogen and oxygen atoms in total. The van der Waals surface area contributed by atoms with Crippen LogP contribution in [0.15, 0.2) is 12.1 Å². The van der Waals surface area contributed by atoms with E-state index in [1.807, 2.05) is 26.1 Å². The van der Waals surface area contributed by atoms with Crippen LogP contribution in [-0.2, 0) is 6.61 Å². The second-order valence-electron chi connectivity index (χ2n) is 2.38. The van der Waals surface area contributed by atoms with Gasteiger partial charge in [-0.15, -0.1) is 0 Å². The highest BCUT2D eigenvalue weighted by Crippen LogP contribution is 2.10. The van der Waals surface area contributed by atoms with Gasteiger partial charge in [0, 0.05) is 7.05 Å². The predicted octanol–water partition coefficient (Wildman–Crippen LogP) is 0.924. The van der Waals surface area contributed by atoms with E-state index in [-0.39, 0.29) is 6.61 Å². The molecule has 1 heterocycles. The maximum absolute atomic E-state index is 8.76. The molecule has 0 saturated carbocycles.